The van der Waals surface area contributed by atoms with Gasteiger partial charge in [-0.3, -0.25) is 0 Å². The van der Waals surface area contributed by atoms with Crippen molar-refractivity contribution in [1.82, 2.24) is 0 Å². The summed E-state index contributed by atoms with van der Waals surface area (Å²) < 4.78 is 28.2. The predicted molar refractivity (Wildman–Crippen MR) is 65.1 cm³/mol. The first-order valence-electron chi connectivity index (χ1n) is 5.79. The van der Waals surface area contributed by atoms with E-state index in [9.17, 15) is 8.42 Å². The van der Waals surface area contributed by atoms with Gasteiger partial charge in [0.05, 0.1) is 17.1 Å². The van der Waals surface area contributed by atoms with Crippen LogP contribution in [0.1, 0.15) is 33.6 Å². The Morgan fingerprint density at radius 2 is 2.06 bits per heavy atom. The smallest absolute Gasteiger partial charge is 0.150 e. The van der Waals surface area contributed by atoms with E-state index in [1.54, 1.807) is 0 Å². The third-order valence-electron chi connectivity index (χ3n) is 2.86. The van der Waals surface area contributed by atoms with Gasteiger partial charge in [-0.2, -0.15) is 0 Å². The topological polar surface area (TPSA) is 69.4 Å². The van der Waals surface area contributed by atoms with Gasteiger partial charge in [0, 0.05) is 12.6 Å². The Kier molecular flexibility index (Phi) is 4.37. The van der Waals surface area contributed by atoms with Crippen molar-refractivity contribution in [2.75, 3.05) is 18.1 Å². The Bertz CT molecular complexity index is 319. The molecular formula is C11H23NO3S. The van der Waals surface area contributed by atoms with Crippen molar-refractivity contribution in [2.45, 2.75) is 45.3 Å². The maximum atomic E-state index is 11.3. The fourth-order valence-electron chi connectivity index (χ4n) is 1.90. The van der Waals surface area contributed by atoms with E-state index in [1.165, 1.54) is 0 Å². The number of hydrogen-bond donors (Lipinski definition) is 1. The summed E-state index contributed by atoms with van der Waals surface area (Å²) in [6, 6.07) is -0.0559. The fraction of sp³-hybridized carbons (Fsp3) is 1.00. The molecule has 0 spiro atoms. The number of nitrogens with two attached hydrogens (primary N) is 1. The van der Waals surface area contributed by atoms with Gasteiger partial charge in [-0.25, -0.2) is 8.42 Å². The number of sulfone groups is 1. The second kappa shape index (κ2) is 5.02. The van der Waals surface area contributed by atoms with Crippen molar-refractivity contribution in [3.05, 3.63) is 0 Å². The molecule has 0 aromatic heterocycles. The van der Waals surface area contributed by atoms with Gasteiger partial charge in [0.15, 0.2) is 9.84 Å². The summed E-state index contributed by atoms with van der Waals surface area (Å²) in [5.41, 5.74) is 5.83. The molecule has 0 radical (unpaired) electrons. The summed E-state index contributed by atoms with van der Waals surface area (Å²) >= 11 is 0. The van der Waals surface area contributed by atoms with Crippen molar-refractivity contribution in [3.8, 4) is 0 Å². The Morgan fingerprint density at radius 3 is 2.50 bits per heavy atom. The van der Waals surface area contributed by atoms with Gasteiger partial charge in [0.25, 0.3) is 0 Å². The largest absolute Gasteiger partial charge is 0.376 e. The van der Waals surface area contributed by atoms with Crippen molar-refractivity contribution in [2.24, 2.45) is 11.7 Å². The third kappa shape index (κ3) is 4.80. The second-order valence-electron chi connectivity index (χ2n) is 5.58. The van der Waals surface area contributed by atoms with Crippen LogP contribution in [0.15, 0.2) is 0 Å². The Labute approximate surface area is 98.5 Å². The maximum absolute atomic E-state index is 11.3. The van der Waals surface area contributed by atoms with Crippen LogP contribution in [0.3, 0.4) is 0 Å². The molecule has 1 aliphatic rings. The van der Waals surface area contributed by atoms with Crippen molar-refractivity contribution < 1.29 is 13.2 Å². The van der Waals surface area contributed by atoms with Gasteiger partial charge in [-0.15, -0.1) is 0 Å². The van der Waals surface area contributed by atoms with Gasteiger partial charge in [0.2, 0.25) is 0 Å². The van der Waals surface area contributed by atoms with E-state index < -0.39 is 9.84 Å². The van der Waals surface area contributed by atoms with E-state index in [-0.39, 0.29) is 23.3 Å². The average Bonchev–Trinajstić information content (AvgIpc) is 2.43. The number of hydrogen-bond acceptors (Lipinski definition) is 4. The van der Waals surface area contributed by atoms with Gasteiger partial charge in [0.1, 0.15) is 0 Å². The quantitative estimate of drug-likeness (QED) is 0.805. The van der Waals surface area contributed by atoms with Crippen LogP contribution < -0.4 is 5.73 Å². The third-order valence-corrected chi connectivity index (χ3v) is 4.65. The highest BCUT2D eigenvalue weighted by molar-refractivity contribution is 7.91. The molecule has 0 saturated carbocycles. The SMILES string of the molecule is CC(C)(C)OCCC(N)C1CCS(=O)(=O)C1. The van der Waals surface area contributed by atoms with E-state index >= 15 is 0 Å². The van der Waals surface area contributed by atoms with Gasteiger partial charge < -0.3 is 10.5 Å². The molecule has 1 fully saturated rings. The number of ether oxygens (including phenoxy) is 1. The first-order chi connectivity index (χ1) is 7.20. The summed E-state index contributed by atoms with van der Waals surface area (Å²) in [4.78, 5) is 0. The molecule has 1 heterocycles. The zero-order valence-electron chi connectivity index (χ0n) is 10.4. The molecule has 0 aliphatic carbocycles. The van der Waals surface area contributed by atoms with Crippen molar-refractivity contribution in [3.63, 3.8) is 0 Å². The first kappa shape index (κ1) is 13.9. The summed E-state index contributed by atoms with van der Waals surface area (Å²) in [5, 5.41) is 0. The van der Waals surface area contributed by atoms with Gasteiger partial charge >= 0.3 is 0 Å². The number of rotatable bonds is 4. The molecule has 96 valence electrons. The molecule has 0 amide bonds. The molecular weight excluding hydrogens is 226 g/mol. The van der Waals surface area contributed by atoms with E-state index in [0.29, 0.717) is 18.8 Å². The van der Waals surface area contributed by atoms with E-state index in [2.05, 4.69) is 0 Å². The summed E-state index contributed by atoms with van der Waals surface area (Å²) in [7, 11) is -2.81. The fourth-order valence-corrected chi connectivity index (χ4v) is 3.79. The highest BCUT2D eigenvalue weighted by Crippen LogP contribution is 2.22. The monoisotopic (exact) mass is 249 g/mol. The Balaban J connectivity index is 2.29. The van der Waals surface area contributed by atoms with Crippen molar-refractivity contribution >= 4 is 9.84 Å². The maximum Gasteiger partial charge on any atom is 0.150 e. The summed E-state index contributed by atoms with van der Waals surface area (Å²) in [5.74, 6) is 0.670. The zero-order chi connectivity index (χ0) is 12.4. The van der Waals surface area contributed by atoms with Crippen LogP contribution in [0.2, 0.25) is 0 Å². The van der Waals surface area contributed by atoms with E-state index in [0.717, 1.165) is 6.42 Å². The van der Waals surface area contributed by atoms with Crippen LogP contribution in [0.4, 0.5) is 0 Å². The van der Waals surface area contributed by atoms with Crippen LogP contribution >= 0.6 is 0 Å². The lowest BCUT2D eigenvalue weighted by Crippen LogP contribution is -2.33. The lowest BCUT2D eigenvalue weighted by molar-refractivity contribution is -0.00743. The van der Waals surface area contributed by atoms with Crippen LogP contribution in [-0.2, 0) is 14.6 Å². The summed E-state index contributed by atoms with van der Waals surface area (Å²) in [6.07, 6.45) is 1.44. The second-order valence-corrected chi connectivity index (χ2v) is 7.81. The van der Waals surface area contributed by atoms with Crippen molar-refractivity contribution in [1.29, 1.82) is 0 Å². The zero-order valence-corrected chi connectivity index (χ0v) is 11.2. The lowest BCUT2D eigenvalue weighted by Gasteiger charge is -2.23. The minimum absolute atomic E-state index is 0.0559. The lowest BCUT2D eigenvalue weighted by atomic mass is 9.98. The molecule has 2 N–H and O–H groups in total. The summed E-state index contributed by atoms with van der Waals surface area (Å²) in [6.45, 7) is 6.59. The molecule has 0 aromatic carbocycles. The van der Waals surface area contributed by atoms with Gasteiger partial charge in [-0.1, -0.05) is 0 Å². The Morgan fingerprint density at radius 1 is 1.44 bits per heavy atom. The first-order valence-corrected chi connectivity index (χ1v) is 7.62. The molecule has 1 rings (SSSR count). The van der Waals surface area contributed by atoms with E-state index in [4.69, 9.17) is 10.5 Å². The molecule has 0 bridgehead atoms. The molecule has 4 nitrogen and oxygen atoms in total. The highest BCUT2D eigenvalue weighted by atomic mass is 32.2. The Hall–Kier alpha value is -0.130. The minimum atomic E-state index is -2.81. The average molecular weight is 249 g/mol. The predicted octanol–water partition coefficient (Wildman–Crippen LogP) is 0.954. The highest BCUT2D eigenvalue weighted by Gasteiger charge is 2.31. The van der Waals surface area contributed by atoms with Crippen LogP contribution in [0, 0.1) is 5.92 Å². The molecule has 5 heteroatoms. The van der Waals surface area contributed by atoms with E-state index in [1.807, 2.05) is 20.8 Å². The molecule has 2 unspecified atom stereocenters. The molecule has 1 saturated heterocycles. The van der Waals surface area contributed by atoms with Gasteiger partial charge in [-0.05, 0) is 39.5 Å². The molecule has 16 heavy (non-hydrogen) atoms. The molecule has 1 aliphatic heterocycles. The molecule has 2 atom stereocenters. The van der Waals surface area contributed by atoms with Crippen LogP contribution in [0.25, 0.3) is 0 Å². The standard InChI is InChI=1S/C11H23NO3S/c1-11(2,3)15-6-4-10(12)9-5-7-16(13,14)8-9/h9-10H,4-8,12H2,1-3H3. The normalized spacial score (nSPS) is 26.9. The van der Waals surface area contributed by atoms with Crippen LogP contribution in [0.5, 0.6) is 0 Å². The van der Waals surface area contributed by atoms with Crippen LogP contribution in [-0.4, -0.2) is 38.2 Å². The minimum Gasteiger partial charge on any atom is -0.376 e. The molecule has 0 aromatic rings.